The van der Waals surface area contributed by atoms with Crippen molar-refractivity contribution in [2.75, 3.05) is 6.61 Å². The Labute approximate surface area is 220 Å². The number of esters is 1. The van der Waals surface area contributed by atoms with Gasteiger partial charge in [0.15, 0.2) is 4.80 Å². The van der Waals surface area contributed by atoms with Gasteiger partial charge in [-0.2, -0.15) is 0 Å². The van der Waals surface area contributed by atoms with Crippen molar-refractivity contribution in [3.05, 3.63) is 119 Å². The Morgan fingerprint density at radius 2 is 1.97 bits per heavy atom. The van der Waals surface area contributed by atoms with Crippen molar-refractivity contribution in [1.29, 1.82) is 0 Å². The van der Waals surface area contributed by atoms with E-state index in [2.05, 4.69) is 4.99 Å². The Balaban J connectivity index is 1.51. The molecular weight excluding hydrogens is 511 g/mol. The van der Waals surface area contributed by atoms with Crippen LogP contribution in [-0.4, -0.2) is 17.1 Å². The molecular formula is C28H23FN2O4S2. The van der Waals surface area contributed by atoms with Crippen molar-refractivity contribution in [3.63, 3.8) is 0 Å². The Kier molecular flexibility index (Phi) is 7.16. The maximum Gasteiger partial charge on any atom is 0.338 e. The van der Waals surface area contributed by atoms with E-state index in [1.807, 2.05) is 41.8 Å². The molecule has 0 saturated carbocycles. The van der Waals surface area contributed by atoms with E-state index in [1.54, 1.807) is 36.6 Å². The summed E-state index contributed by atoms with van der Waals surface area (Å²) in [6, 6.07) is 16.8. The summed E-state index contributed by atoms with van der Waals surface area (Å²) in [7, 11) is 0. The zero-order valence-electron chi connectivity index (χ0n) is 20.1. The second-order valence-electron chi connectivity index (χ2n) is 8.31. The van der Waals surface area contributed by atoms with Crippen LogP contribution in [0.3, 0.4) is 0 Å². The highest BCUT2D eigenvalue weighted by atomic mass is 32.1. The van der Waals surface area contributed by atoms with E-state index in [0.29, 0.717) is 33.0 Å². The number of ether oxygens (including phenoxy) is 2. The van der Waals surface area contributed by atoms with Crippen molar-refractivity contribution in [2.24, 2.45) is 4.99 Å². The average Bonchev–Trinajstić information content (AvgIpc) is 3.52. The molecule has 9 heteroatoms. The summed E-state index contributed by atoms with van der Waals surface area (Å²) in [6.07, 6.45) is 1.80. The van der Waals surface area contributed by atoms with Gasteiger partial charge in [-0.05, 0) is 66.8 Å². The number of halogens is 1. The van der Waals surface area contributed by atoms with Crippen LogP contribution < -0.4 is 19.6 Å². The van der Waals surface area contributed by atoms with Crippen molar-refractivity contribution in [3.8, 4) is 5.75 Å². The molecule has 0 spiro atoms. The number of thiophene rings is 1. The highest BCUT2D eigenvalue weighted by Crippen LogP contribution is 2.33. The fraction of sp³-hybridized carbons (Fsp3) is 0.179. The average molecular weight is 535 g/mol. The second-order valence-corrected chi connectivity index (χ2v) is 10.3. The van der Waals surface area contributed by atoms with Gasteiger partial charge in [-0.3, -0.25) is 9.36 Å². The first-order valence-electron chi connectivity index (χ1n) is 11.6. The molecule has 0 aliphatic carbocycles. The molecule has 6 nitrogen and oxygen atoms in total. The minimum absolute atomic E-state index is 0.228. The molecule has 0 unspecified atom stereocenters. The summed E-state index contributed by atoms with van der Waals surface area (Å²) in [6.45, 7) is 4.05. The standard InChI is InChI=1S/C28H23FN2O4S2/c1-3-34-27(33)24-17(2)30-28-31(25(24)22-8-5-13-36-22)26(32)23(37-28)15-19-6-4-7-21(14-19)35-16-18-9-11-20(29)12-10-18/h4-15,25H,3,16H2,1-2H3/b23-15-/t25-/m0/s1. The third-order valence-corrected chi connectivity index (χ3v) is 7.71. The number of rotatable bonds is 7. The fourth-order valence-electron chi connectivity index (χ4n) is 4.10. The number of hydrogen-bond acceptors (Lipinski definition) is 7. The summed E-state index contributed by atoms with van der Waals surface area (Å²) in [5, 5.41) is 1.92. The summed E-state index contributed by atoms with van der Waals surface area (Å²) < 4.78 is 26.4. The van der Waals surface area contributed by atoms with Crippen LogP contribution in [0.4, 0.5) is 4.39 Å². The van der Waals surface area contributed by atoms with E-state index in [-0.39, 0.29) is 18.0 Å². The monoisotopic (exact) mass is 534 g/mol. The fourth-order valence-corrected chi connectivity index (χ4v) is 5.97. The maximum atomic E-state index is 13.6. The molecule has 37 heavy (non-hydrogen) atoms. The van der Waals surface area contributed by atoms with Crippen molar-refractivity contribution < 1.29 is 18.7 Å². The number of carbonyl (C=O) groups is 1. The zero-order valence-corrected chi connectivity index (χ0v) is 21.8. The molecule has 2 aromatic carbocycles. The number of carbonyl (C=O) groups excluding carboxylic acids is 1. The molecule has 1 aliphatic heterocycles. The summed E-state index contributed by atoms with van der Waals surface area (Å²) >= 11 is 2.75. The van der Waals surface area contributed by atoms with Crippen LogP contribution in [-0.2, 0) is 16.1 Å². The lowest BCUT2D eigenvalue weighted by atomic mass is 10.0. The van der Waals surface area contributed by atoms with Crippen LogP contribution in [0, 0.1) is 5.82 Å². The normalized spacial score (nSPS) is 15.3. The molecule has 2 aromatic heterocycles. The Bertz CT molecular complexity index is 1650. The van der Waals surface area contributed by atoms with Crippen LogP contribution in [0.1, 0.15) is 35.9 Å². The van der Waals surface area contributed by atoms with E-state index in [4.69, 9.17) is 9.47 Å². The first kappa shape index (κ1) is 24.9. The molecule has 1 aliphatic rings. The van der Waals surface area contributed by atoms with E-state index in [1.165, 1.54) is 34.8 Å². The minimum Gasteiger partial charge on any atom is -0.489 e. The number of fused-ring (bicyclic) bond motifs is 1. The molecule has 188 valence electrons. The molecule has 1 atom stereocenters. The first-order chi connectivity index (χ1) is 17.9. The maximum absolute atomic E-state index is 13.6. The van der Waals surface area contributed by atoms with Gasteiger partial charge in [-0.15, -0.1) is 11.3 Å². The number of allylic oxidation sites excluding steroid dienone is 1. The molecule has 5 rings (SSSR count). The summed E-state index contributed by atoms with van der Waals surface area (Å²) in [4.78, 5) is 32.5. The molecule has 0 N–H and O–H groups in total. The number of thiazole rings is 1. The smallest absolute Gasteiger partial charge is 0.338 e. The number of aromatic nitrogens is 1. The van der Waals surface area contributed by atoms with E-state index < -0.39 is 12.0 Å². The molecule has 0 radical (unpaired) electrons. The van der Waals surface area contributed by atoms with Crippen LogP contribution in [0.25, 0.3) is 6.08 Å². The van der Waals surface area contributed by atoms with Gasteiger partial charge in [0.1, 0.15) is 24.2 Å². The number of benzene rings is 2. The summed E-state index contributed by atoms with van der Waals surface area (Å²) in [5.41, 5.74) is 2.33. The van der Waals surface area contributed by atoms with E-state index >= 15 is 0 Å². The third-order valence-electron chi connectivity index (χ3n) is 5.80. The van der Waals surface area contributed by atoms with Gasteiger partial charge in [-0.1, -0.05) is 41.7 Å². The van der Waals surface area contributed by atoms with Crippen LogP contribution in [0.15, 0.2) is 87.1 Å². The predicted octanol–water partition coefficient (Wildman–Crippen LogP) is 4.58. The minimum atomic E-state index is -0.595. The second kappa shape index (κ2) is 10.7. The summed E-state index contributed by atoms with van der Waals surface area (Å²) in [5.74, 6) is -0.136. The zero-order chi connectivity index (χ0) is 25.9. The van der Waals surface area contributed by atoms with E-state index in [9.17, 15) is 14.0 Å². The molecule has 4 aromatic rings. The van der Waals surface area contributed by atoms with Gasteiger partial charge < -0.3 is 9.47 Å². The van der Waals surface area contributed by atoms with Gasteiger partial charge >= 0.3 is 5.97 Å². The lowest BCUT2D eigenvalue weighted by molar-refractivity contribution is -0.139. The third kappa shape index (κ3) is 5.19. The largest absolute Gasteiger partial charge is 0.489 e. The SMILES string of the molecule is CCOC(=O)C1=C(C)N=c2s/c(=C\c3cccc(OCc4ccc(F)cc4)c3)c(=O)n2[C@H]1c1cccs1. The predicted molar refractivity (Wildman–Crippen MR) is 142 cm³/mol. The number of hydrogen-bond donors (Lipinski definition) is 0. The molecule has 0 fully saturated rings. The number of nitrogens with zero attached hydrogens (tertiary/aromatic N) is 2. The van der Waals surface area contributed by atoms with Gasteiger partial charge in [0.2, 0.25) is 0 Å². The molecule has 0 saturated heterocycles. The van der Waals surface area contributed by atoms with Crippen LogP contribution in [0.5, 0.6) is 5.75 Å². The topological polar surface area (TPSA) is 69.9 Å². The van der Waals surface area contributed by atoms with Gasteiger partial charge in [0.25, 0.3) is 5.56 Å². The molecule has 0 amide bonds. The first-order valence-corrected chi connectivity index (χ1v) is 13.3. The van der Waals surface area contributed by atoms with Gasteiger partial charge in [-0.25, -0.2) is 14.2 Å². The van der Waals surface area contributed by atoms with Crippen LogP contribution >= 0.6 is 22.7 Å². The molecule has 0 bridgehead atoms. The Morgan fingerprint density at radius 1 is 1.16 bits per heavy atom. The Hall–Kier alpha value is -3.82. The van der Waals surface area contributed by atoms with E-state index in [0.717, 1.165) is 16.0 Å². The highest BCUT2D eigenvalue weighted by Gasteiger charge is 2.33. The lowest BCUT2D eigenvalue weighted by Crippen LogP contribution is -2.39. The highest BCUT2D eigenvalue weighted by molar-refractivity contribution is 7.10. The quantitative estimate of drug-likeness (QED) is 0.326. The van der Waals surface area contributed by atoms with Crippen molar-refractivity contribution in [1.82, 2.24) is 4.57 Å². The Morgan fingerprint density at radius 3 is 2.70 bits per heavy atom. The lowest BCUT2D eigenvalue weighted by Gasteiger charge is -2.23. The van der Waals surface area contributed by atoms with Crippen molar-refractivity contribution in [2.45, 2.75) is 26.5 Å². The molecule has 3 heterocycles. The van der Waals surface area contributed by atoms with Gasteiger partial charge in [0, 0.05) is 4.88 Å². The van der Waals surface area contributed by atoms with Crippen LogP contribution in [0.2, 0.25) is 0 Å². The van der Waals surface area contributed by atoms with Gasteiger partial charge in [0.05, 0.1) is 22.4 Å². The van der Waals surface area contributed by atoms with Crippen molar-refractivity contribution >= 4 is 34.7 Å².